The minimum atomic E-state index is -0.147. The molecule has 4 aliphatic rings. The van der Waals surface area contributed by atoms with Crippen molar-refractivity contribution >= 4 is 0 Å². The number of benzene rings is 2. The average Bonchev–Trinajstić information content (AvgIpc) is 2.70. The van der Waals surface area contributed by atoms with Gasteiger partial charge in [0.2, 0.25) is 0 Å². The van der Waals surface area contributed by atoms with Crippen LogP contribution in [-0.4, -0.2) is 20.4 Å². The van der Waals surface area contributed by atoms with Crippen molar-refractivity contribution in [3.05, 3.63) is 57.6 Å². The predicted octanol–water partition coefficient (Wildman–Crippen LogP) is 4.49. The highest BCUT2D eigenvalue weighted by Gasteiger charge is 2.58. The molecule has 4 fully saturated rings. The molecule has 2 aromatic carbocycles. The van der Waals surface area contributed by atoms with Crippen LogP contribution in [0.1, 0.15) is 71.9 Å². The molecule has 4 saturated carbocycles. The highest BCUT2D eigenvalue weighted by molar-refractivity contribution is 5.49. The lowest BCUT2D eigenvalue weighted by Crippen LogP contribution is -2.56. The predicted molar refractivity (Wildman–Crippen MR) is 116 cm³/mol. The Morgan fingerprint density at radius 3 is 1.50 bits per heavy atom. The first-order valence-corrected chi connectivity index (χ1v) is 11.2. The van der Waals surface area contributed by atoms with E-state index in [1.807, 2.05) is 26.0 Å². The van der Waals surface area contributed by atoms with Crippen LogP contribution >= 0.6 is 0 Å². The Bertz CT molecular complexity index is 917. The van der Waals surface area contributed by atoms with Gasteiger partial charge < -0.3 is 20.4 Å². The van der Waals surface area contributed by atoms with E-state index in [0.717, 1.165) is 17.5 Å². The molecule has 4 heteroatoms. The quantitative estimate of drug-likeness (QED) is 0.601. The van der Waals surface area contributed by atoms with Gasteiger partial charge in [0.25, 0.3) is 0 Å². The Hall–Kier alpha value is -2.04. The summed E-state index contributed by atoms with van der Waals surface area (Å²) in [6, 6.07) is 8.34. The van der Waals surface area contributed by atoms with Crippen molar-refractivity contribution in [2.24, 2.45) is 11.8 Å². The third kappa shape index (κ3) is 2.80. The molecule has 0 aliphatic heterocycles. The van der Waals surface area contributed by atoms with E-state index in [2.05, 4.69) is 12.1 Å². The SMILES string of the molecule is Cc1cc(C23CC4CC(C2)CC(c2cc(C)c(O)c(CO)c2)(C4)C3)cc(CO)c1O. The molecular formula is C26H32O4. The maximum atomic E-state index is 10.3. The number of aliphatic hydroxyl groups excluding tert-OH is 2. The number of aryl methyl sites for hydroxylation is 2. The van der Waals surface area contributed by atoms with E-state index in [-0.39, 0.29) is 35.5 Å². The zero-order valence-corrected chi connectivity index (χ0v) is 17.9. The number of phenols is 2. The summed E-state index contributed by atoms with van der Waals surface area (Å²) in [5.41, 5.74) is 5.58. The first kappa shape index (κ1) is 19.9. The number of hydrogen-bond acceptors (Lipinski definition) is 4. The van der Waals surface area contributed by atoms with Gasteiger partial charge in [-0.2, -0.15) is 0 Å². The number of aliphatic hydroxyl groups is 2. The summed E-state index contributed by atoms with van der Waals surface area (Å²) in [6.07, 6.45) is 7.03. The topological polar surface area (TPSA) is 80.9 Å². The summed E-state index contributed by atoms with van der Waals surface area (Å²) in [5, 5.41) is 40.2. The molecule has 2 aromatic rings. The average molecular weight is 409 g/mol. The van der Waals surface area contributed by atoms with Gasteiger partial charge in [0.05, 0.1) is 13.2 Å². The molecule has 0 spiro atoms. The van der Waals surface area contributed by atoms with Crippen LogP contribution in [0.4, 0.5) is 0 Å². The molecule has 0 atom stereocenters. The monoisotopic (exact) mass is 408 g/mol. The van der Waals surface area contributed by atoms with Gasteiger partial charge in [-0.05, 0) is 109 Å². The lowest BCUT2D eigenvalue weighted by Gasteiger charge is -2.63. The fraction of sp³-hybridized carbons (Fsp3) is 0.538. The minimum Gasteiger partial charge on any atom is -0.507 e. The molecule has 4 aliphatic carbocycles. The van der Waals surface area contributed by atoms with Gasteiger partial charge in [0, 0.05) is 11.1 Å². The van der Waals surface area contributed by atoms with E-state index >= 15 is 0 Å². The van der Waals surface area contributed by atoms with E-state index in [0.29, 0.717) is 23.0 Å². The molecule has 0 radical (unpaired) electrons. The zero-order valence-electron chi connectivity index (χ0n) is 17.9. The van der Waals surface area contributed by atoms with Gasteiger partial charge in [-0.25, -0.2) is 0 Å². The Labute approximate surface area is 178 Å². The van der Waals surface area contributed by atoms with Crippen molar-refractivity contribution < 1.29 is 20.4 Å². The van der Waals surface area contributed by atoms with Crippen molar-refractivity contribution in [2.75, 3.05) is 0 Å². The Morgan fingerprint density at radius 2 is 1.13 bits per heavy atom. The lowest BCUT2D eigenvalue weighted by molar-refractivity contribution is -0.0283. The highest BCUT2D eigenvalue weighted by Crippen LogP contribution is 2.66. The molecule has 0 saturated heterocycles. The lowest BCUT2D eigenvalue weighted by atomic mass is 9.41. The Morgan fingerprint density at radius 1 is 0.733 bits per heavy atom. The summed E-state index contributed by atoms with van der Waals surface area (Å²) in [5.74, 6) is 1.76. The molecule has 0 unspecified atom stereocenters. The fourth-order valence-electron chi connectivity index (χ4n) is 7.50. The van der Waals surface area contributed by atoms with Crippen molar-refractivity contribution in [3.63, 3.8) is 0 Å². The fourth-order valence-corrected chi connectivity index (χ4v) is 7.50. The van der Waals surface area contributed by atoms with Crippen LogP contribution in [-0.2, 0) is 24.0 Å². The van der Waals surface area contributed by atoms with E-state index in [9.17, 15) is 20.4 Å². The largest absolute Gasteiger partial charge is 0.507 e. The van der Waals surface area contributed by atoms with Crippen LogP contribution in [0.5, 0.6) is 11.5 Å². The summed E-state index contributed by atoms with van der Waals surface area (Å²) >= 11 is 0. The van der Waals surface area contributed by atoms with Gasteiger partial charge in [0.1, 0.15) is 11.5 Å². The van der Waals surface area contributed by atoms with Crippen LogP contribution in [0.25, 0.3) is 0 Å². The molecule has 30 heavy (non-hydrogen) atoms. The maximum Gasteiger partial charge on any atom is 0.124 e. The van der Waals surface area contributed by atoms with E-state index in [4.69, 9.17) is 0 Å². The van der Waals surface area contributed by atoms with Crippen molar-refractivity contribution in [1.29, 1.82) is 0 Å². The first-order chi connectivity index (χ1) is 14.3. The van der Waals surface area contributed by atoms with Gasteiger partial charge in [-0.3, -0.25) is 0 Å². The smallest absolute Gasteiger partial charge is 0.124 e. The maximum absolute atomic E-state index is 10.3. The summed E-state index contributed by atoms with van der Waals surface area (Å²) in [4.78, 5) is 0. The molecule has 0 amide bonds. The minimum absolute atomic E-state index is 0.0671. The number of aromatic hydroxyl groups is 2. The van der Waals surface area contributed by atoms with Crippen LogP contribution in [0.2, 0.25) is 0 Å². The van der Waals surface area contributed by atoms with Crippen molar-refractivity contribution in [2.45, 2.75) is 76.4 Å². The molecule has 4 N–H and O–H groups in total. The molecular weight excluding hydrogens is 376 g/mol. The summed E-state index contributed by atoms with van der Waals surface area (Å²) < 4.78 is 0. The molecule has 4 nitrogen and oxygen atoms in total. The molecule has 160 valence electrons. The third-order valence-corrected chi connectivity index (χ3v) is 8.39. The number of rotatable bonds is 4. The Balaban J connectivity index is 1.63. The summed E-state index contributed by atoms with van der Waals surface area (Å²) in [7, 11) is 0. The van der Waals surface area contributed by atoms with Gasteiger partial charge in [-0.1, -0.05) is 12.1 Å². The third-order valence-electron chi connectivity index (χ3n) is 8.39. The van der Waals surface area contributed by atoms with Crippen LogP contribution in [0, 0.1) is 25.7 Å². The van der Waals surface area contributed by atoms with Gasteiger partial charge in [0.15, 0.2) is 0 Å². The standard InChI is InChI=1S/C26H32O4/c1-15-3-21(6-19(12-27)23(15)29)25-8-17-5-18(9-25)11-26(10-17,14-25)22-4-16(2)24(30)20(7-22)13-28/h3-4,6-7,17-18,27-30H,5,8-14H2,1-2H3. The highest BCUT2D eigenvalue weighted by atomic mass is 16.3. The summed E-state index contributed by atoms with van der Waals surface area (Å²) in [6.45, 7) is 3.55. The molecule has 6 rings (SSSR count). The van der Waals surface area contributed by atoms with Crippen molar-refractivity contribution in [1.82, 2.24) is 0 Å². The second kappa shape index (κ2) is 6.73. The van der Waals surface area contributed by atoms with Crippen LogP contribution in [0.3, 0.4) is 0 Å². The molecule has 4 bridgehead atoms. The van der Waals surface area contributed by atoms with E-state index < -0.39 is 0 Å². The number of hydrogen-bond donors (Lipinski definition) is 4. The first-order valence-electron chi connectivity index (χ1n) is 11.2. The van der Waals surface area contributed by atoms with Crippen molar-refractivity contribution in [3.8, 4) is 11.5 Å². The molecule has 0 aromatic heterocycles. The van der Waals surface area contributed by atoms with Crippen LogP contribution < -0.4 is 0 Å². The molecule has 0 heterocycles. The normalized spacial score (nSPS) is 32.0. The second-order valence-corrected chi connectivity index (χ2v) is 10.4. The Kier molecular flexibility index (Phi) is 4.46. The van der Waals surface area contributed by atoms with E-state index in [1.54, 1.807) is 0 Å². The van der Waals surface area contributed by atoms with Gasteiger partial charge >= 0.3 is 0 Å². The zero-order chi connectivity index (χ0) is 21.3. The van der Waals surface area contributed by atoms with Gasteiger partial charge in [-0.15, -0.1) is 0 Å². The van der Waals surface area contributed by atoms with Crippen LogP contribution in [0.15, 0.2) is 24.3 Å². The second-order valence-electron chi connectivity index (χ2n) is 10.4. The van der Waals surface area contributed by atoms with E-state index in [1.165, 1.54) is 43.2 Å².